The number of carboxylic acids is 1. The highest BCUT2D eigenvalue weighted by Gasteiger charge is 2.12. The molecule has 0 rings (SSSR count). The van der Waals surface area contributed by atoms with E-state index < -0.39 is 5.97 Å². The van der Waals surface area contributed by atoms with Crippen LogP contribution in [0.5, 0.6) is 0 Å². The van der Waals surface area contributed by atoms with Gasteiger partial charge in [0.2, 0.25) is 0 Å². The van der Waals surface area contributed by atoms with Gasteiger partial charge in [-0.2, -0.15) is 0 Å². The van der Waals surface area contributed by atoms with Gasteiger partial charge >= 0.3 is 11.9 Å². The van der Waals surface area contributed by atoms with Crippen LogP contribution in [0.15, 0.2) is 24.3 Å². The van der Waals surface area contributed by atoms with Crippen LogP contribution in [-0.2, 0) is 14.3 Å². The van der Waals surface area contributed by atoms with Crippen LogP contribution in [0.4, 0.5) is 0 Å². The summed E-state index contributed by atoms with van der Waals surface area (Å²) in [5.41, 5.74) is 0. The number of aliphatic carboxylic acids is 1. The van der Waals surface area contributed by atoms with E-state index in [1.54, 1.807) is 0 Å². The lowest BCUT2D eigenvalue weighted by molar-refractivity contribution is -0.149. The van der Waals surface area contributed by atoms with Crippen LogP contribution >= 0.6 is 0 Å². The summed E-state index contributed by atoms with van der Waals surface area (Å²) < 4.78 is 5.77. The zero-order valence-corrected chi connectivity index (χ0v) is 28.1. The summed E-state index contributed by atoms with van der Waals surface area (Å²) in [7, 11) is 0. The second-order valence-electron chi connectivity index (χ2n) is 12.4. The number of unbranched alkanes of at least 4 members (excludes halogenated alkanes) is 21. The average Bonchev–Trinajstić information content (AvgIpc) is 2.98. The normalized spacial score (nSPS) is 12.4. The first-order chi connectivity index (χ1) is 20.6. The quantitative estimate of drug-likeness (QED) is 0.0469. The van der Waals surface area contributed by atoms with E-state index in [1.165, 1.54) is 128 Å². The summed E-state index contributed by atoms with van der Waals surface area (Å²) in [5, 5.41) is 8.64. The molecule has 0 aliphatic rings. The molecule has 0 aromatic carbocycles. The number of carbonyl (C=O) groups is 2. The fraction of sp³-hybridized carbons (Fsp3) is 0.842. The highest BCUT2D eigenvalue weighted by atomic mass is 16.5. The van der Waals surface area contributed by atoms with Gasteiger partial charge in [0, 0.05) is 12.8 Å². The molecule has 4 heteroatoms. The highest BCUT2D eigenvalue weighted by Crippen LogP contribution is 2.16. The second-order valence-corrected chi connectivity index (χ2v) is 12.4. The molecule has 0 spiro atoms. The molecule has 0 bridgehead atoms. The number of hydrogen-bond acceptors (Lipinski definition) is 3. The summed E-state index contributed by atoms with van der Waals surface area (Å²) in [6.07, 6.45) is 42.8. The van der Waals surface area contributed by atoms with Crippen molar-refractivity contribution in [1.82, 2.24) is 0 Å². The monoisotopic (exact) mass is 591 g/mol. The van der Waals surface area contributed by atoms with Crippen LogP contribution in [-0.4, -0.2) is 23.1 Å². The van der Waals surface area contributed by atoms with Gasteiger partial charge in [0.15, 0.2) is 0 Å². The first-order valence-electron chi connectivity index (χ1n) is 18.3. The minimum Gasteiger partial charge on any atom is -0.481 e. The predicted octanol–water partition coefficient (Wildman–Crippen LogP) is 12.4. The zero-order chi connectivity index (χ0) is 30.8. The van der Waals surface area contributed by atoms with Crippen LogP contribution in [0.1, 0.15) is 200 Å². The SMILES string of the molecule is CCCCC/C=C\C/C=C\CCCCCCCC(=O)OC(CC)CCCCCCCCCCCCCCCCC(=O)O. The predicted molar refractivity (Wildman–Crippen MR) is 181 cm³/mol. The molecule has 0 aromatic heterocycles. The van der Waals surface area contributed by atoms with Gasteiger partial charge in [-0.05, 0) is 64.2 Å². The van der Waals surface area contributed by atoms with Crippen LogP contribution < -0.4 is 0 Å². The van der Waals surface area contributed by atoms with Gasteiger partial charge in [-0.1, -0.05) is 147 Å². The van der Waals surface area contributed by atoms with Crippen molar-refractivity contribution in [2.45, 2.75) is 206 Å². The maximum atomic E-state index is 12.3. The van der Waals surface area contributed by atoms with Crippen LogP contribution in [0.3, 0.4) is 0 Å². The molecule has 0 aromatic rings. The van der Waals surface area contributed by atoms with Crippen LogP contribution in [0.25, 0.3) is 0 Å². The Kier molecular flexibility index (Phi) is 32.6. The molecule has 1 unspecified atom stereocenters. The van der Waals surface area contributed by atoms with Crippen molar-refractivity contribution in [3.05, 3.63) is 24.3 Å². The Morgan fingerprint density at radius 3 is 1.45 bits per heavy atom. The lowest BCUT2D eigenvalue weighted by atomic mass is 10.0. The standard InChI is InChI=1S/C38H70O4/c1-3-5-6-7-8-9-10-11-12-17-20-23-26-29-32-35-38(41)42-36(4-2)33-30-27-24-21-18-15-13-14-16-19-22-25-28-31-34-37(39)40/h8-9,11-12,36H,3-7,10,13-35H2,1-2H3,(H,39,40)/b9-8-,12-11-. The summed E-state index contributed by atoms with van der Waals surface area (Å²) in [6.45, 7) is 4.38. The van der Waals surface area contributed by atoms with E-state index in [0.29, 0.717) is 12.8 Å². The van der Waals surface area contributed by atoms with Crippen LogP contribution in [0.2, 0.25) is 0 Å². The summed E-state index contributed by atoms with van der Waals surface area (Å²) in [6, 6.07) is 0. The molecule has 42 heavy (non-hydrogen) atoms. The topological polar surface area (TPSA) is 63.6 Å². The fourth-order valence-corrected chi connectivity index (χ4v) is 5.44. The number of rotatable bonds is 33. The lowest BCUT2D eigenvalue weighted by Gasteiger charge is -2.16. The van der Waals surface area contributed by atoms with Crippen molar-refractivity contribution < 1.29 is 19.4 Å². The molecule has 0 aliphatic carbocycles. The summed E-state index contributed by atoms with van der Waals surface area (Å²) >= 11 is 0. The minimum absolute atomic E-state index is 0.00529. The van der Waals surface area contributed by atoms with Gasteiger partial charge in [-0.3, -0.25) is 9.59 Å². The van der Waals surface area contributed by atoms with Gasteiger partial charge in [0.25, 0.3) is 0 Å². The Hall–Kier alpha value is -1.58. The van der Waals surface area contributed by atoms with Gasteiger partial charge in [0.05, 0.1) is 0 Å². The number of hydrogen-bond donors (Lipinski definition) is 1. The third kappa shape index (κ3) is 32.9. The molecule has 4 nitrogen and oxygen atoms in total. The third-order valence-electron chi connectivity index (χ3n) is 8.25. The molecule has 0 radical (unpaired) electrons. The molecule has 0 amide bonds. The molecular formula is C38H70O4. The first-order valence-corrected chi connectivity index (χ1v) is 18.3. The van der Waals surface area contributed by atoms with E-state index in [4.69, 9.17) is 9.84 Å². The fourth-order valence-electron chi connectivity index (χ4n) is 5.44. The maximum Gasteiger partial charge on any atom is 0.306 e. The van der Waals surface area contributed by atoms with E-state index >= 15 is 0 Å². The van der Waals surface area contributed by atoms with E-state index in [1.807, 2.05) is 0 Å². The van der Waals surface area contributed by atoms with E-state index in [-0.39, 0.29) is 12.1 Å². The van der Waals surface area contributed by atoms with Crippen molar-refractivity contribution in [3.63, 3.8) is 0 Å². The molecule has 246 valence electrons. The Bertz CT molecular complexity index is 639. The van der Waals surface area contributed by atoms with Crippen molar-refractivity contribution in [3.8, 4) is 0 Å². The molecule has 1 atom stereocenters. The largest absolute Gasteiger partial charge is 0.481 e. The molecule has 0 aliphatic heterocycles. The molecule has 1 N–H and O–H groups in total. The van der Waals surface area contributed by atoms with Crippen LogP contribution in [0, 0.1) is 0 Å². The van der Waals surface area contributed by atoms with Crippen molar-refractivity contribution in [2.24, 2.45) is 0 Å². The van der Waals surface area contributed by atoms with Crippen molar-refractivity contribution in [2.75, 3.05) is 0 Å². The molecular weight excluding hydrogens is 520 g/mol. The molecule has 0 saturated carbocycles. The Balaban J connectivity index is 3.46. The number of allylic oxidation sites excluding steroid dienone is 4. The number of ether oxygens (including phenoxy) is 1. The number of carbonyl (C=O) groups excluding carboxylic acids is 1. The van der Waals surface area contributed by atoms with E-state index in [9.17, 15) is 9.59 Å². The second kappa shape index (κ2) is 33.9. The number of esters is 1. The average molecular weight is 591 g/mol. The maximum absolute atomic E-state index is 12.3. The lowest BCUT2D eigenvalue weighted by Crippen LogP contribution is -2.17. The van der Waals surface area contributed by atoms with E-state index in [2.05, 4.69) is 38.2 Å². The Morgan fingerprint density at radius 1 is 0.548 bits per heavy atom. The van der Waals surface area contributed by atoms with Gasteiger partial charge in [-0.15, -0.1) is 0 Å². The van der Waals surface area contributed by atoms with Crippen molar-refractivity contribution >= 4 is 11.9 Å². The Labute approximate surface area is 261 Å². The highest BCUT2D eigenvalue weighted by molar-refractivity contribution is 5.69. The van der Waals surface area contributed by atoms with Gasteiger partial charge in [-0.25, -0.2) is 0 Å². The minimum atomic E-state index is -0.667. The summed E-state index contributed by atoms with van der Waals surface area (Å²) in [5.74, 6) is -0.662. The van der Waals surface area contributed by atoms with Gasteiger partial charge < -0.3 is 9.84 Å². The smallest absolute Gasteiger partial charge is 0.306 e. The molecule has 0 fully saturated rings. The summed E-state index contributed by atoms with van der Waals surface area (Å²) in [4.78, 5) is 22.8. The van der Waals surface area contributed by atoms with E-state index in [0.717, 1.165) is 44.9 Å². The van der Waals surface area contributed by atoms with Gasteiger partial charge in [0.1, 0.15) is 6.10 Å². The molecule has 0 heterocycles. The Morgan fingerprint density at radius 2 is 0.976 bits per heavy atom. The molecule has 0 saturated heterocycles. The zero-order valence-electron chi connectivity index (χ0n) is 28.1. The first kappa shape index (κ1) is 40.4. The third-order valence-corrected chi connectivity index (χ3v) is 8.25. The number of carboxylic acid groups (broad SMARTS) is 1. The van der Waals surface area contributed by atoms with Crippen molar-refractivity contribution in [1.29, 1.82) is 0 Å².